The first-order valence-corrected chi connectivity index (χ1v) is 9.10. The summed E-state index contributed by atoms with van der Waals surface area (Å²) in [6.07, 6.45) is 8.27. The molecule has 1 fully saturated rings. The second-order valence-corrected chi connectivity index (χ2v) is 6.83. The van der Waals surface area contributed by atoms with E-state index < -0.39 is 0 Å². The number of hydrogen-bond donors (Lipinski definition) is 2. The van der Waals surface area contributed by atoms with Crippen molar-refractivity contribution in [2.24, 2.45) is 11.8 Å². The van der Waals surface area contributed by atoms with Crippen molar-refractivity contribution in [2.45, 2.75) is 38.6 Å². The second kappa shape index (κ2) is 8.65. The fourth-order valence-electron chi connectivity index (χ4n) is 2.86. The van der Waals surface area contributed by atoms with Gasteiger partial charge in [0.05, 0.1) is 5.92 Å². The van der Waals surface area contributed by atoms with Crippen molar-refractivity contribution in [3.8, 4) is 0 Å². The Balaban J connectivity index is 1.40. The normalized spacial score (nSPS) is 18.8. The molecule has 0 aliphatic heterocycles. The van der Waals surface area contributed by atoms with Gasteiger partial charge >= 0.3 is 5.97 Å². The molecule has 138 valence electrons. The van der Waals surface area contributed by atoms with E-state index in [-0.39, 0.29) is 36.2 Å². The van der Waals surface area contributed by atoms with E-state index in [1.165, 1.54) is 0 Å². The molecule has 26 heavy (non-hydrogen) atoms. The Bertz CT molecular complexity index is 710. The molecule has 2 amide bonds. The van der Waals surface area contributed by atoms with Crippen LogP contribution in [0.2, 0.25) is 0 Å². The van der Waals surface area contributed by atoms with Crippen molar-refractivity contribution < 1.29 is 19.1 Å². The van der Waals surface area contributed by atoms with Gasteiger partial charge in [-0.05, 0) is 49.8 Å². The average molecular weight is 356 g/mol. The molecular formula is C20H24N2O4. The Morgan fingerprint density at radius 1 is 1.08 bits per heavy atom. The second-order valence-electron chi connectivity index (χ2n) is 6.83. The summed E-state index contributed by atoms with van der Waals surface area (Å²) in [5.74, 6) is -0.589. The minimum atomic E-state index is -0.336. The first kappa shape index (κ1) is 18.2. The predicted octanol–water partition coefficient (Wildman–Crippen LogP) is 2.55. The van der Waals surface area contributed by atoms with Gasteiger partial charge in [0.2, 0.25) is 5.91 Å². The number of anilines is 1. The maximum absolute atomic E-state index is 11.9. The first-order chi connectivity index (χ1) is 12.6. The van der Waals surface area contributed by atoms with Crippen LogP contribution >= 0.6 is 0 Å². The Morgan fingerprint density at radius 3 is 2.65 bits per heavy atom. The number of rotatable bonds is 7. The maximum atomic E-state index is 11.9. The van der Waals surface area contributed by atoms with Crippen molar-refractivity contribution in [1.29, 1.82) is 0 Å². The fourth-order valence-corrected chi connectivity index (χ4v) is 2.86. The summed E-state index contributed by atoms with van der Waals surface area (Å²) in [5, 5.41) is 5.61. The topological polar surface area (TPSA) is 84.5 Å². The molecule has 0 aromatic heterocycles. The van der Waals surface area contributed by atoms with Crippen LogP contribution in [0.3, 0.4) is 0 Å². The lowest BCUT2D eigenvalue weighted by atomic mass is 9.95. The van der Waals surface area contributed by atoms with Gasteiger partial charge in [-0.15, -0.1) is 0 Å². The SMILES string of the molecule is O=C(COC(=O)[C@@H]1CC=CCC1)NCc1cccc(NC(=O)C2CC2)c1. The van der Waals surface area contributed by atoms with Crippen molar-refractivity contribution >= 4 is 23.5 Å². The molecule has 1 saturated carbocycles. The summed E-state index contributed by atoms with van der Waals surface area (Å²) in [7, 11) is 0. The van der Waals surface area contributed by atoms with Crippen LogP contribution in [0.5, 0.6) is 0 Å². The molecule has 1 aromatic rings. The van der Waals surface area contributed by atoms with E-state index >= 15 is 0 Å². The molecule has 6 nitrogen and oxygen atoms in total. The lowest BCUT2D eigenvalue weighted by Gasteiger charge is -2.16. The van der Waals surface area contributed by atoms with Gasteiger partial charge in [0.25, 0.3) is 5.91 Å². The molecule has 2 aliphatic rings. The number of esters is 1. The molecule has 6 heteroatoms. The summed E-state index contributed by atoms with van der Waals surface area (Å²) in [5.41, 5.74) is 1.60. The van der Waals surface area contributed by atoms with Crippen LogP contribution in [0.4, 0.5) is 5.69 Å². The lowest BCUT2D eigenvalue weighted by molar-refractivity contribution is -0.152. The third kappa shape index (κ3) is 5.44. The maximum Gasteiger partial charge on any atom is 0.309 e. The van der Waals surface area contributed by atoms with Gasteiger partial charge < -0.3 is 15.4 Å². The number of hydrogen-bond acceptors (Lipinski definition) is 4. The number of benzene rings is 1. The highest BCUT2D eigenvalue weighted by Crippen LogP contribution is 2.30. The highest BCUT2D eigenvalue weighted by atomic mass is 16.5. The van der Waals surface area contributed by atoms with Crippen LogP contribution in [0.15, 0.2) is 36.4 Å². The van der Waals surface area contributed by atoms with Crippen molar-refractivity contribution in [3.05, 3.63) is 42.0 Å². The van der Waals surface area contributed by atoms with Gasteiger partial charge in [0.15, 0.2) is 6.61 Å². The van der Waals surface area contributed by atoms with E-state index in [0.29, 0.717) is 13.0 Å². The Morgan fingerprint density at radius 2 is 1.92 bits per heavy atom. The number of amides is 2. The summed E-state index contributed by atoms with van der Waals surface area (Å²) in [6.45, 7) is 0.0485. The minimum absolute atomic E-state index is 0.0515. The van der Waals surface area contributed by atoms with E-state index in [4.69, 9.17) is 4.74 Å². The molecule has 1 aromatic carbocycles. The molecule has 0 heterocycles. The Kier molecular flexibility index (Phi) is 6.04. The molecule has 0 radical (unpaired) electrons. The zero-order chi connectivity index (χ0) is 18.4. The molecule has 0 saturated heterocycles. The Labute approximate surface area is 153 Å². The molecule has 3 rings (SSSR count). The molecular weight excluding hydrogens is 332 g/mol. The van der Waals surface area contributed by atoms with E-state index in [1.807, 2.05) is 30.3 Å². The smallest absolute Gasteiger partial charge is 0.309 e. The molecule has 2 N–H and O–H groups in total. The quantitative estimate of drug-likeness (QED) is 0.581. The summed E-state index contributed by atoms with van der Waals surface area (Å²) in [6, 6.07) is 7.36. The number of carbonyl (C=O) groups is 3. The van der Waals surface area contributed by atoms with E-state index in [0.717, 1.165) is 36.9 Å². The average Bonchev–Trinajstić information content (AvgIpc) is 3.51. The summed E-state index contributed by atoms with van der Waals surface area (Å²) in [4.78, 5) is 35.6. The molecule has 1 atom stereocenters. The minimum Gasteiger partial charge on any atom is -0.455 e. The molecule has 0 spiro atoms. The van der Waals surface area contributed by atoms with Gasteiger partial charge in [-0.25, -0.2) is 0 Å². The molecule has 0 bridgehead atoms. The van der Waals surface area contributed by atoms with Gasteiger partial charge in [-0.3, -0.25) is 14.4 Å². The largest absolute Gasteiger partial charge is 0.455 e. The van der Waals surface area contributed by atoms with Crippen LogP contribution in [0, 0.1) is 11.8 Å². The van der Waals surface area contributed by atoms with Crippen molar-refractivity contribution in [3.63, 3.8) is 0 Å². The predicted molar refractivity (Wildman–Crippen MR) is 97.1 cm³/mol. The monoisotopic (exact) mass is 356 g/mol. The van der Waals surface area contributed by atoms with Crippen molar-refractivity contribution in [1.82, 2.24) is 5.32 Å². The number of carbonyl (C=O) groups excluding carboxylic acids is 3. The number of allylic oxidation sites excluding steroid dienone is 2. The first-order valence-electron chi connectivity index (χ1n) is 9.10. The highest BCUT2D eigenvalue weighted by molar-refractivity contribution is 5.94. The van der Waals surface area contributed by atoms with E-state index in [2.05, 4.69) is 16.7 Å². The number of ether oxygens (including phenoxy) is 1. The van der Waals surface area contributed by atoms with Crippen LogP contribution in [-0.2, 0) is 25.7 Å². The van der Waals surface area contributed by atoms with Crippen LogP contribution in [-0.4, -0.2) is 24.4 Å². The van der Waals surface area contributed by atoms with Gasteiger partial charge in [0.1, 0.15) is 0 Å². The molecule has 2 aliphatic carbocycles. The zero-order valence-corrected chi connectivity index (χ0v) is 14.7. The van der Waals surface area contributed by atoms with Crippen molar-refractivity contribution in [2.75, 3.05) is 11.9 Å². The zero-order valence-electron chi connectivity index (χ0n) is 14.7. The summed E-state index contributed by atoms with van der Waals surface area (Å²) < 4.78 is 5.10. The van der Waals surface area contributed by atoms with E-state index in [9.17, 15) is 14.4 Å². The number of nitrogens with one attached hydrogen (secondary N) is 2. The third-order valence-corrected chi connectivity index (χ3v) is 4.58. The van der Waals surface area contributed by atoms with Crippen LogP contribution in [0.25, 0.3) is 0 Å². The van der Waals surface area contributed by atoms with Gasteiger partial charge in [-0.1, -0.05) is 24.3 Å². The van der Waals surface area contributed by atoms with Gasteiger partial charge in [0, 0.05) is 18.2 Å². The highest BCUT2D eigenvalue weighted by Gasteiger charge is 2.29. The van der Waals surface area contributed by atoms with E-state index in [1.54, 1.807) is 0 Å². The summed E-state index contributed by atoms with van der Waals surface area (Å²) >= 11 is 0. The van der Waals surface area contributed by atoms with Gasteiger partial charge in [-0.2, -0.15) is 0 Å². The Hall–Kier alpha value is -2.63. The van der Waals surface area contributed by atoms with Crippen LogP contribution < -0.4 is 10.6 Å². The lowest BCUT2D eigenvalue weighted by Crippen LogP contribution is -2.30. The molecule has 0 unspecified atom stereocenters. The van der Waals surface area contributed by atoms with Crippen LogP contribution in [0.1, 0.15) is 37.7 Å². The third-order valence-electron chi connectivity index (χ3n) is 4.58. The fraction of sp³-hybridized carbons (Fsp3) is 0.450. The standard InChI is InChI=1S/C20H24N2O4/c23-18(13-26-20(25)16-6-2-1-3-7-16)21-12-14-5-4-8-17(11-14)22-19(24)15-9-10-15/h1-2,4-5,8,11,15-16H,3,6-7,9-10,12-13H2,(H,21,23)(H,22,24)/t16-/m1/s1.